The Labute approximate surface area is 106 Å². The first-order chi connectivity index (χ1) is 7.29. The lowest BCUT2D eigenvalue weighted by molar-refractivity contribution is 0.625. The van der Waals surface area contributed by atoms with Crippen LogP contribution in [-0.4, -0.2) is 16.3 Å². The zero-order chi connectivity index (χ0) is 10.7. The Kier molecular flexibility index (Phi) is 4.80. The van der Waals surface area contributed by atoms with Crippen molar-refractivity contribution in [2.24, 2.45) is 5.73 Å². The van der Waals surface area contributed by atoms with Crippen LogP contribution < -0.4 is 5.73 Å². The number of nitrogens with zero attached hydrogens (tertiary/aromatic N) is 2. The molecule has 5 heteroatoms. The van der Waals surface area contributed by atoms with Crippen LogP contribution in [0.2, 0.25) is 5.02 Å². The highest BCUT2D eigenvalue weighted by atomic mass is 35.5. The molecule has 1 aromatic heterocycles. The second kappa shape index (κ2) is 5.89. The lowest BCUT2D eigenvalue weighted by Crippen LogP contribution is -2.09. The molecule has 3 nitrogen and oxygen atoms in total. The van der Waals surface area contributed by atoms with Crippen LogP contribution in [0.1, 0.15) is 0 Å². The van der Waals surface area contributed by atoms with Crippen molar-refractivity contribution in [3.63, 3.8) is 0 Å². The molecule has 0 aliphatic carbocycles. The Balaban J connectivity index is 0.00000128. The predicted molar refractivity (Wildman–Crippen MR) is 69.0 cm³/mol. The third kappa shape index (κ3) is 2.98. The first-order valence-electron chi connectivity index (χ1n) is 4.78. The van der Waals surface area contributed by atoms with Crippen molar-refractivity contribution in [2.45, 2.75) is 6.54 Å². The van der Waals surface area contributed by atoms with Crippen LogP contribution in [0.25, 0.3) is 11.1 Å². The Bertz CT molecular complexity index is 437. The predicted octanol–water partition coefficient (Wildman–Crippen LogP) is 2.58. The van der Waals surface area contributed by atoms with E-state index < -0.39 is 0 Å². The van der Waals surface area contributed by atoms with Crippen LogP contribution in [-0.2, 0) is 6.54 Å². The van der Waals surface area contributed by atoms with Gasteiger partial charge in [0.2, 0.25) is 0 Å². The van der Waals surface area contributed by atoms with Crippen molar-refractivity contribution < 1.29 is 0 Å². The van der Waals surface area contributed by atoms with Gasteiger partial charge in [-0.2, -0.15) is 5.10 Å². The first-order valence-corrected chi connectivity index (χ1v) is 5.16. The average Bonchev–Trinajstić information content (AvgIpc) is 2.68. The summed E-state index contributed by atoms with van der Waals surface area (Å²) >= 11 is 5.82. The molecule has 0 aliphatic heterocycles. The molecule has 16 heavy (non-hydrogen) atoms. The Morgan fingerprint density at radius 1 is 1.19 bits per heavy atom. The van der Waals surface area contributed by atoms with E-state index in [1.807, 2.05) is 41.3 Å². The van der Waals surface area contributed by atoms with Gasteiger partial charge < -0.3 is 5.73 Å². The third-order valence-electron chi connectivity index (χ3n) is 2.17. The van der Waals surface area contributed by atoms with Gasteiger partial charge >= 0.3 is 0 Å². The molecule has 0 spiro atoms. The molecule has 2 aromatic rings. The van der Waals surface area contributed by atoms with Gasteiger partial charge in [0, 0.05) is 23.3 Å². The van der Waals surface area contributed by atoms with Gasteiger partial charge in [0.15, 0.2) is 0 Å². The van der Waals surface area contributed by atoms with Gasteiger partial charge in [-0.3, -0.25) is 4.68 Å². The number of benzene rings is 1. The normalized spacial score (nSPS) is 9.88. The molecule has 0 atom stereocenters. The van der Waals surface area contributed by atoms with Gasteiger partial charge in [0.25, 0.3) is 0 Å². The maximum Gasteiger partial charge on any atom is 0.0568 e. The van der Waals surface area contributed by atoms with E-state index in [0.717, 1.165) is 22.7 Å². The van der Waals surface area contributed by atoms with E-state index in [2.05, 4.69) is 5.10 Å². The summed E-state index contributed by atoms with van der Waals surface area (Å²) in [6, 6.07) is 7.70. The Morgan fingerprint density at radius 3 is 2.50 bits per heavy atom. The highest BCUT2D eigenvalue weighted by Gasteiger charge is 2.00. The van der Waals surface area contributed by atoms with Gasteiger partial charge in [0.1, 0.15) is 0 Å². The molecular weight excluding hydrogens is 245 g/mol. The second-order valence-electron chi connectivity index (χ2n) is 3.29. The van der Waals surface area contributed by atoms with Crippen LogP contribution in [0.4, 0.5) is 0 Å². The number of aromatic nitrogens is 2. The summed E-state index contributed by atoms with van der Waals surface area (Å²) < 4.78 is 1.84. The number of hydrogen-bond donors (Lipinski definition) is 1. The largest absolute Gasteiger partial charge is 0.329 e. The standard InChI is InChI=1S/C11H12ClN3.ClH/c12-11-3-1-9(2-4-11)10-7-14-15(8-10)6-5-13;/h1-4,7-8H,5-6,13H2;1H. The highest BCUT2D eigenvalue weighted by Crippen LogP contribution is 2.20. The minimum absolute atomic E-state index is 0. The first kappa shape index (κ1) is 13.0. The molecule has 0 amide bonds. The minimum atomic E-state index is 0. The Hall–Kier alpha value is -1.03. The van der Waals surface area contributed by atoms with E-state index in [1.165, 1.54) is 0 Å². The Morgan fingerprint density at radius 2 is 1.88 bits per heavy atom. The number of hydrogen-bond acceptors (Lipinski definition) is 2. The SMILES string of the molecule is Cl.NCCn1cc(-c2ccc(Cl)cc2)cn1. The zero-order valence-electron chi connectivity index (χ0n) is 8.64. The molecular formula is C11H13Cl2N3. The van der Waals surface area contributed by atoms with E-state index >= 15 is 0 Å². The molecule has 0 fully saturated rings. The summed E-state index contributed by atoms with van der Waals surface area (Å²) in [5, 5.41) is 4.95. The number of halogens is 2. The van der Waals surface area contributed by atoms with Crippen molar-refractivity contribution in [1.82, 2.24) is 9.78 Å². The summed E-state index contributed by atoms with van der Waals surface area (Å²) in [6.07, 6.45) is 3.81. The summed E-state index contributed by atoms with van der Waals surface area (Å²) in [4.78, 5) is 0. The lowest BCUT2D eigenvalue weighted by Gasteiger charge is -1.97. The second-order valence-corrected chi connectivity index (χ2v) is 3.72. The summed E-state index contributed by atoms with van der Waals surface area (Å²) in [5.41, 5.74) is 7.65. The maximum atomic E-state index is 5.82. The van der Waals surface area contributed by atoms with Crippen molar-refractivity contribution in [3.05, 3.63) is 41.7 Å². The molecule has 0 aliphatic rings. The smallest absolute Gasteiger partial charge is 0.0568 e. The van der Waals surface area contributed by atoms with Crippen molar-refractivity contribution in [2.75, 3.05) is 6.54 Å². The molecule has 1 aromatic carbocycles. The number of rotatable bonds is 3. The van der Waals surface area contributed by atoms with Gasteiger partial charge in [-0.25, -0.2) is 0 Å². The molecule has 0 saturated heterocycles. The number of nitrogens with two attached hydrogens (primary N) is 1. The van der Waals surface area contributed by atoms with E-state index in [1.54, 1.807) is 0 Å². The monoisotopic (exact) mass is 257 g/mol. The zero-order valence-corrected chi connectivity index (χ0v) is 10.2. The fourth-order valence-corrected chi connectivity index (χ4v) is 1.54. The highest BCUT2D eigenvalue weighted by molar-refractivity contribution is 6.30. The van der Waals surface area contributed by atoms with Crippen LogP contribution in [0.3, 0.4) is 0 Å². The fraction of sp³-hybridized carbons (Fsp3) is 0.182. The fourth-order valence-electron chi connectivity index (χ4n) is 1.41. The van der Waals surface area contributed by atoms with Crippen molar-refractivity contribution >= 4 is 24.0 Å². The molecule has 1 heterocycles. The topological polar surface area (TPSA) is 43.8 Å². The maximum absolute atomic E-state index is 5.82. The van der Waals surface area contributed by atoms with Crippen LogP contribution in [0.15, 0.2) is 36.7 Å². The average molecular weight is 258 g/mol. The molecule has 0 radical (unpaired) electrons. The summed E-state index contributed by atoms with van der Waals surface area (Å²) in [7, 11) is 0. The van der Waals surface area contributed by atoms with Crippen LogP contribution in [0, 0.1) is 0 Å². The van der Waals surface area contributed by atoms with Crippen LogP contribution in [0.5, 0.6) is 0 Å². The van der Waals surface area contributed by atoms with E-state index in [9.17, 15) is 0 Å². The van der Waals surface area contributed by atoms with Crippen molar-refractivity contribution in [3.8, 4) is 11.1 Å². The molecule has 0 unspecified atom stereocenters. The summed E-state index contributed by atoms with van der Waals surface area (Å²) in [5.74, 6) is 0. The van der Waals surface area contributed by atoms with Gasteiger partial charge in [0.05, 0.1) is 12.7 Å². The summed E-state index contributed by atoms with van der Waals surface area (Å²) in [6.45, 7) is 1.34. The van der Waals surface area contributed by atoms with Crippen LogP contribution >= 0.6 is 24.0 Å². The molecule has 0 bridgehead atoms. The molecule has 86 valence electrons. The van der Waals surface area contributed by atoms with Crippen molar-refractivity contribution in [1.29, 1.82) is 0 Å². The van der Waals surface area contributed by atoms with E-state index in [-0.39, 0.29) is 12.4 Å². The quantitative estimate of drug-likeness (QED) is 0.919. The van der Waals surface area contributed by atoms with Gasteiger partial charge in [-0.05, 0) is 17.7 Å². The minimum Gasteiger partial charge on any atom is -0.329 e. The van der Waals surface area contributed by atoms with Gasteiger partial charge in [-0.1, -0.05) is 23.7 Å². The molecule has 0 saturated carbocycles. The third-order valence-corrected chi connectivity index (χ3v) is 2.42. The molecule has 2 rings (SSSR count). The van der Waals surface area contributed by atoms with Gasteiger partial charge in [-0.15, -0.1) is 12.4 Å². The van der Waals surface area contributed by atoms with E-state index in [0.29, 0.717) is 6.54 Å². The van der Waals surface area contributed by atoms with E-state index in [4.69, 9.17) is 17.3 Å². The molecule has 2 N–H and O–H groups in total. The lowest BCUT2D eigenvalue weighted by atomic mass is 10.1.